The predicted molar refractivity (Wildman–Crippen MR) is 47.9 cm³/mol. The molecule has 0 saturated heterocycles. The summed E-state index contributed by atoms with van der Waals surface area (Å²) < 4.78 is 25.7. The normalized spacial score (nSPS) is 13.5. The average Bonchev–Trinajstić information content (AvgIpc) is 1.99. The van der Waals surface area contributed by atoms with Crippen LogP contribution in [-0.4, -0.2) is 35.1 Å². The van der Waals surface area contributed by atoms with Crippen molar-refractivity contribution in [3.63, 3.8) is 0 Å². The number of nitrogens with one attached hydrogen (secondary N) is 1. The second kappa shape index (κ2) is 5.79. The number of ether oxygens (including phenoxy) is 1. The molecule has 4 nitrogen and oxygen atoms in total. The van der Waals surface area contributed by atoms with Gasteiger partial charge in [-0.05, 0) is 6.42 Å². The Kier molecular flexibility index (Phi) is 5.89. The summed E-state index contributed by atoms with van der Waals surface area (Å²) in [6.45, 7) is 3.09. The Balaban J connectivity index is 3.23. The van der Waals surface area contributed by atoms with Gasteiger partial charge in [-0.1, -0.05) is 6.92 Å². The fourth-order valence-electron chi connectivity index (χ4n) is 0.524. The molecule has 3 N–H and O–H groups in total. The minimum absolute atomic E-state index is 0.267. The van der Waals surface area contributed by atoms with Crippen LogP contribution in [0.2, 0.25) is 0 Å². The van der Waals surface area contributed by atoms with Crippen LogP contribution in [0.5, 0.6) is 0 Å². The monoisotopic (exact) mass is 183 g/mol. The van der Waals surface area contributed by atoms with Gasteiger partial charge in [0.15, 0.2) is 0 Å². The summed E-state index contributed by atoms with van der Waals surface area (Å²) in [7, 11) is -1.05. The Morgan fingerprint density at radius 3 is 2.45 bits per heavy atom. The molecule has 5 heteroatoms. The lowest BCUT2D eigenvalue weighted by atomic mass is 10.5. The molecule has 0 atom stereocenters. The molecule has 11 heavy (non-hydrogen) atoms. The van der Waals surface area contributed by atoms with Crippen molar-refractivity contribution in [2.45, 2.75) is 13.3 Å². The zero-order valence-corrected chi connectivity index (χ0v) is 7.86. The van der Waals surface area contributed by atoms with E-state index in [1.54, 1.807) is 0 Å². The molecular weight excluding hydrogens is 166 g/mol. The number of hydrogen-bond acceptors (Lipinski definition) is 4. The van der Waals surface area contributed by atoms with Gasteiger partial charge in [0.05, 0.1) is 12.4 Å². The van der Waals surface area contributed by atoms with Crippen molar-refractivity contribution in [3.05, 3.63) is 0 Å². The molecule has 0 fully saturated rings. The average molecular weight is 183 g/mol. The van der Waals surface area contributed by atoms with Crippen molar-refractivity contribution in [1.29, 1.82) is 0 Å². The van der Waals surface area contributed by atoms with Crippen molar-refractivity contribution < 1.29 is 13.8 Å². The van der Waals surface area contributed by atoms with Crippen LogP contribution in [0.4, 0.5) is 0 Å². The van der Waals surface area contributed by atoms with Gasteiger partial charge in [-0.2, -0.15) is 0 Å². The van der Waals surface area contributed by atoms with E-state index < -0.39 is 10.8 Å². The molecule has 0 aliphatic rings. The van der Waals surface area contributed by atoms with E-state index in [-0.39, 0.29) is 5.75 Å². The first kappa shape index (κ1) is 11.2. The summed E-state index contributed by atoms with van der Waals surface area (Å²) in [5, 5.41) is 0. The van der Waals surface area contributed by atoms with Gasteiger partial charge in [0.1, 0.15) is 0 Å². The SMILES string of the molecule is CCCOCCS(O)(O)NC. The first-order valence-corrected chi connectivity index (χ1v) is 5.36. The van der Waals surface area contributed by atoms with Gasteiger partial charge in [-0.3, -0.25) is 9.11 Å². The Bertz CT molecular complexity index is 99.8. The molecule has 0 aliphatic heterocycles. The summed E-state index contributed by atoms with van der Waals surface area (Å²) in [5.41, 5.74) is 0. The first-order chi connectivity index (χ1) is 5.12. The molecule has 0 saturated carbocycles. The fraction of sp³-hybridized carbons (Fsp3) is 1.00. The molecule has 0 heterocycles. The molecule has 0 spiro atoms. The van der Waals surface area contributed by atoms with Crippen LogP contribution >= 0.6 is 10.8 Å². The second-order valence-corrected chi connectivity index (χ2v) is 4.34. The van der Waals surface area contributed by atoms with E-state index in [2.05, 4.69) is 4.72 Å². The van der Waals surface area contributed by atoms with E-state index in [1.807, 2.05) is 6.92 Å². The van der Waals surface area contributed by atoms with Crippen molar-refractivity contribution in [2.75, 3.05) is 26.0 Å². The highest BCUT2D eigenvalue weighted by Gasteiger charge is 2.06. The third-order valence-electron chi connectivity index (χ3n) is 1.19. The van der Waals surface area contributed by atoms with Gasteiger partial charge in [0.25, 0.3) is 0 Å². The molecule has 0 radical (unpaired) electrons. The second-order valence-electron chi connectivity index (χ2n) is 2.19. The van der Waals surface area contributed by atoms with Crippen molar-refractivity contribution in [2.24, 2.45) is 0 Å². The van der Waals surface area contributed by atoms with E-state index in [4.69, 9.17) is 13.8 Å². The molecular formula is C6H17NO3S. The van der Waals surface area contributed by atoms with E-state index in [9.17, 15) is 0 Å². The van der Waals surface area contributed by atoms with Crippen LogP contribution in [0.15, 0.2) is 0 Å². The lowest BCUT2D eigenvalue weighted by Crippen LogP contribution is -2.20. The lowest BCUT2D eigenvalue weighted by molar-refractivity contribution is 0.148. The minimum Gasteiger partial charge on any atom is -0.380 e. The molecule has 0 aliphatic carbocycles. The Morgan fingerprint density at radius 2 is 2.00 bits per heavy atom. The Labute approximate surface area is 69.4 Å². The fourth-order valence-corrected chi connectivity index (χ4v) is 1.08. The standard InChI is InChI=1S/C6H17NO3S/c1-3-4-10-5-6-11(8,9)7-2/h7-9H,3-6H2,1-2H3. The summed E-state index contributed by atoms with van der Waals surface area (Å²) in [4.78, 5) is 0. The van der Waals surface area contributed by atoms with E-state index in [1.165, 1.54) is 7.05 Å². The maximum atomic E-state index is 9.07. The quantitative estimate of drug-likeness (QED) is 0.543. The van der Waals surface area contributed by atoms with Gasteiger partial charge in [0, 0.05) is 13.7 Å². The highest BCUT2D eigenvalue weighted by atomic mass is 32.3. The van der Waals surface area contributed by atoms with Crippen LogP contribution in [-0.2, 0) is 4.74 Å². The van der Waals surface area contributed by atoms with Gasteiger partial charge >= 0.3 is 0 Å². The van der Waals surface area contributed by atoms with Gasteiger partial charge in [-0.15, -0.1) is 10.8 Å². The first-order valence-electron chi connectivity index (χ1n) is 3.64. The summed E-state index contributed by atoms with van der Waals surface area (Å²) in [6.07, 6.45) is 0.957. The third-order valence-corrected chi connectivity index (χ3v) is 2.58. The highest BCUT2D eigenvalue weighted by molar-refractivity contribution is 8.22. The van der Waals surface area contributed by atoms with Crippen molar-refractivity contribution >= 4 is 10.8 Å². The number of rotatable bonds is 6. The van der Waals surface area contributed by atoms with Crippen LogP contribution in [0.3, 0.4) is 0 Å². The van der Waals surface area contributed by atoms with Crippen molar-refractivity contribution in [3.8, 4) is 0 Å². The topological polar surface area (TPSA) is 61.7 Å². The van der Waals surface area contributed by atoms with Crippen LogP contribution < -0.4 is 4.72 Å². The molecule has 70 valence electrons. The smallest absolute Gasteiger partial charge is 0.0762 e. The Morgan fingerprint density at radius 1 is 1.36 bits per heavy atom. The minimum atomic E-state index is -2.57. The van der Waals surface area contributed by atoms with E-state index in [0.717, 1.165) is 6.42 Å². The number of hydrogen-bond donors (Lipinski definition) is 3. The predicted octanol–water partition coefficient (Wildman–Crippen LogP) is 1.30. The largest absolute Gasteiger partial charge is 0.380 e. The highest BCUT2D eigenvalue weighted by Crippen LogP contribution is 2.31. The van der Waals surface area contributed by atoms with Gasteiger partial charge in [0.2, 0.25) is 0 Å². The summed E-state index contributed by atoms with van der Waals surface area (Å²) in [6, 6.07) is 0. The van der Waals surface area contributed by atoms with Gasteiger partial charge in [-0.25, -0.2) is 4.72 Å². The molecule has 0 rings (SSSR count). The third kappa shape index (κ3) is 6.58. The van der Waals surface area contributed by atoms with Crippen LogP contribution in [0.25, 0.3) is 0 Å². The summed E-state index contributed by atoms with van der Waals surface area (Å²) in [5.74, 6) is 0.267. The van der Waals surface area contributed by atoms with Crippen molar-refractivity contribution in [1.82, 2.24) is 4.72 Å². The molecule has 0 aromatic carbocycles. The molecule has 0 amide bonds. The molecule has 0 unspecified atom stereocenters. The zero-order valence-electron chi connectivity index (χ0n) is 7.04. The Hall–Kier alpha value is 0.190. The lowest BCUT2D eigenvalue weighted by Gasteiger charge is -2.30. The van der Waals surface area contributed by atoms with Crippen LogP contribution in [0.1, 0.15) is 13.3 Å². The molecule has 0 aromatic heterocycles. The maximum absolute atomic E-state index is 9.07. The molecule has 0 bridgehead atoms. The van der Waals surface area contributed by atoms with E-state index in [0.29, 0.717) is 13.2 Å². The molecule has 0 aromatic rings. The summed E-state index contributed by atoms with van der Waals surface area (Å²) >= 11 is 0. The van der Waals surface area contributed by atoms with Gasteiger partial charge < -0.3 is 4.74 Å². The van der Waals surface area contributed by atoms with E-state index >= 15 is 0 Å². The zero-order chi connectivity index (χ0) is 8.74. The maximum Gasteiger partial charge on any atom is 0.0762 e. The van der Waals surface area contributed by atoms with Crippen LogP contribution in [0, 0.1) is 0 Å².